The largest absolute Gasteiger partial charge is 0.374 e. The van der Waals surface area contributed by atoms with Crippen molar-refractivity contribution in [2.24, 2.45) is 5.92 Å². The van der Waals surface area contributed by atoms with Crippen LogP contribution in [-0.2, 0) is 4.79 Å². The van der Waals surface area contributed by atoms with E-state index in [9.17, 15) is 10.1 Å². The molecular weight excluding hydrogens is 324 g/mol. The fourth-order valence-corrected chi connectivity index (χ4v) is 3.10. The molecule has 2 aromatic rings. The number of nitriles is 1. The number of carbonyl (C=O) groups excluding carboxylic acids is 1. The van der Waals surface area contributed by atoms with Crippen LogP contribution in [0, 0.1) is 17.2 Å². The number of nitrogens with one attached hydrogen (secondary N) is 2. The second-order valence-electron chi connectivity index (χ2n) is 6.90. The Kier molecular flexibility index (Phi) is 5.13. The van der Waals surface area contributed by atoms with Gasteiger partial charge in [-0.2, -0.15) is 5.26 Å². The van der Waals surface area contributed by atoms with Gasteiger partial charge in [0.25, 0.3) is 0 Å². The zero-order valence-electron chi connectivity index (χ0n) is 15.2. The number of carbonyl (C=O) groups is 1. The molecule has 1 aliphatic rings. The van der Waals surface area contributed by atoms with Crippen molar-refractivity contribution < 1.29 is 4.79 Å². The third kappa shape index (κ3) is 3.97. The molecule has 26 heavy (non-hydrogen) atoms. The van der Waals surface area contributed by atoms with Gasteiger partial charge in [-0.1, -0.05) is 30.3 Å². The van der Waals surface area contributed by atoms with Gasteiger partial charge in [0.2, 0.25) is 5.91 Å². The first-order valence-corrected chi connectivity index (χ1v) is 8.87. The van der Waals surface area contributed by atoms with Crippen molar-refractivity contribution in [3.8, 4) is 6.07 Å². The quantitative estimate of drug-likeness (QED) is 0.801. The summed E-state index contributed by atoms with van der Waals surface area (Å²) in [5.41, 5.74) is 2.16. The van der Waals surface area contributed by atoms with Crippen LogP contribution in [0.5, 0.6) is 0 Å². The van der Waals surface area contributed by atoms with Crippen LogP contribution in [-0.4, -0.2) is 25.0 Å². The molecular formula is C21H24N4O. The van der Waals surface area contributed by atoms with Crippen molar-refractivity contribution in [1.29, 1.82) is 5.26 Å². The molecule has 1 atom stereocenters. The topological polar surface area (TPSA) is 68.2 Å². The second kappa shape index (κ2) is 7.49. The van der Waals surface area contributed by atoms with Crippen molar-refractivity contribution in [2.75, 3.05) is 23.8 Å². The van der Waals surface area contributed by atoms with Gasteiger partial charge in [0, 0.05) is 12.7 Å². The molecule has 0 aromatic heterocycles. The molecule has 0 spiro atoms. The number of rotatable bonds is 7. The third-order valence-corrected chi connectivity index (χ3v) is 4.87. The molecule has 134 valence electrons. The van der Waals surface area contributed by atoms with E-state index in [0.717, 1.165) is 29.9 Å². The molecule has 2 N–H and O–H groups in total. The zero-order valence-corrected chi connectivity index (χ0v) is 15.2. The number of nitrogens with zero attached hydrogens (tertiary/aromatic N) is 2. The Morgan fingerprint density at radius 1 is 1.19 bits per heavy atom. The van der Waals surface area contributed by atoms with Crippen molar-refractivity contribution in [2.45, 2.75) is 25.3 Å². The smallest absolute Gasteiger partial charge is 0.240 e. The summed E-state index contributed by atoms with van der Waals surface area (Å²) in [5, 5.41) is 15.5. The summed E-state index contributed by atoms with van der Waals surface area (Å²) < 4.78 is 0. The normalized spacial score (nSPS) is 15.4. The molecule has 1 fully saturated rings. The molecule has 1 aliphatic carbocycles. The summed E-state index contributed by atoms with van der Waals surface area (Å²) in [4.78, 5) is 14.4. The van der Waals surface area contributed by atoms with Crippen LogP contribution in [0.25, 0.3) is 0 Å². The van der Waals surface area contributed by atoms with E-state index >= 15 is 0 Å². The van der Waals surface area contributed by atoms with Crippen molar-refractivity contribution in [3.05, 3.63) is 54.6 Å². The fourth-order valence-electron chi connectivity index (χ4n) is 3.10. The van der Waals surface area contributed by atoms with E-state index in [0.29, 0.717) is 0 Å². The lowest BCUT2D eigenvalue weighted by molar-refractivity contribution is -0.120. The maximum Gasteiger partial charge on any atom is 0.240 e. The van der Waals surface area contributed by atoms with Crippen LogP contribution in [0.3, 0.4) is 0 Å². The van der Waals surface area contributed by atoms with Gasteiger partial charge in [0.15, 0.2) is 0 Å². The lowest BCUT2D eigenvalue weighted by Crippen LogP contribution is -2.48. The van der Waals surface area contributed by atoms with E-state index in [1.807, 2.05) is 61.6 Å². The Balaban J connectivity index is 1.67. The molecule has 2 aromatic carbocycles. The first kappa shape index (κ1) is 17.8. The van der Waals surface area contributed by atoms with Gasteiger partial charge in [-0.3, -0.25) is 4.79 Å². The summed E-state index contributed by atoms with van der Waals surface area (Å²) in [5.74, 6) is 0.103. The first-order chi connectivity index (χ1) is 12.5. The average Bonchev–Trinajstić information content (AvgIpc) is 3.52. The molecule has 1 unspecified atom stereocenters. The molecule has 1 saturated carbocycles. The highest BCUT2D eigenvalue weighted by Gasteiger charge is 2.42. The van der Waals surface area contributed by atoms with Gasteiger partial charge in [-0.15, -0.1) is 0 Å². The number of hydrogen-bond donors (Lipinski definition) is 2. The molecule has 3 rings (SSSR count). The monoisotopic (exact) mass is 348 g/mol. The lowest BCUT2D eigenvalue weighted by atomic mass is 9.98. The van der Waals surface area contributed by atoms with E-state index in [1.165, 1.54) is 0 Å². The number of hydrogen-bond acceptors (Lipinski definition) is 4. The number of anilines is 3. The van der Waals surface area contributed by atoms with Crippen LogP contribution in [0.15, 0.2) is 54.6 Å². The van der Waals surface area contributed by atoms with E-state index in [2.05, 4.69) is 21.6 Å². The van der Waals surface area contributed by atoms with Crippen LogP contribution in [0.2, 0.25) is 0 Å². The molecule has 0 saturated heterocycles. The van der Waals surface area contributed by atoms with Crippen LogP contribution in [0.4, 0.5) is 17.1 Å². The van der Waals surface area contributed by atoms with Gasteiger partial charge in [0.05, 0.1) is 24.0 Å². The maximum atomic E-state index is 12.3. The summed E-state index contributed by atoms with van der Waals surface area (Å²) in [7, 11) is 2.00. The van der Waals surface area contributed by atoms with E-state index in [1.54, 1.807) is 6.92 Å². The van der Waals surface area contributed by atoms with Crippen molar-refractivity contribution in [1.82, 2.24) is 5.32 Å². The Morgan fingerprint density at radius 2 is 1.85 bits per heavy atom. The Hall–Kier alpha value is -3.00. The average molecular weight is 348 g/mol. The Bertz CT molecular complexity index is 810. The number of para-hydroxylation sites is 3. The van der Waals surface area contributed by atoms with Gasteiger partial charge >= 0.3 is 0 Å². The van der Waals surface area contributed by atoms with Crippen molar-refractivity contribution >= 4 is 23.0 Å². The Labute approximate surface area is 154 Å². The maximum absolute atomic E-state index is 12.3. The minimum atomic E-state index is -0.765. The van der Waals surface area contributed by atoms with Crippen LogP contribution in [0.1, 0.15) is 19.8 Å². The zero-order chi connectivity index (χ0) is 18.6. The number of benzene rings is 2. The standard InChI is InChI=1S/C21H24N4O/c1-21(15-22,16-12-13-16)24-20(26)14-23-18-10-6-7-11-19(18)25(2)17-8-4-3-5-9-17/h3-11,16,23H,12-14H2,1-2H3,(H,24,26). The predicted molar refractivity (Wildman–Crippen MR) is 104 cm³/mol. The molecule has 5 nitrogen and oxygen atoms in total. The van der Waals surface area contributed by atoms with Crippen LogP contribution >= 0.6 is 0 Å². The third-order valence-electron chi connectivity index (χ3n) is 4.87. The summed E-state index contributed by atoms with van der Waals surface area (Å²) >= 11 is 0. The summed E-state index contributed by atoms with van der Waals surface area (Å²) in [6.07, 6.45) is 2.00. The summed E-state index contributed by atoms with van der Waals surface area (Å²) in [6.45, 7) is 1.93. The lowest BCUT2D eigenvalue weighted by Gasteiger charge is -2.25. The van der Waals surface area contributed by atoms with Crippen molar-refractivity contribution in [3.63, 3.8) is 0 Å². The minimum Gasteiger partial charge on any atom is -0.374 e. The predicted octanol–water partition coefficient (Wildman–Crippen LogP) is 3.67. The van der Waals surface area contributed by atoms with Gasteiger partial charge in [-0.25, -0.2) is 0 Å². The number of amides is 1. The SMILES string of the molecule is CN(c1ccccc1)c1ccccc1NCC(=O)NC(C)(C#N)C1CC1. The van der Waals surface area contributed by atoms with E-state index < -0.39 is 5.54 Å². The fraction of sp³-hybridized carbons (Fsp3) is 0.333. The minimum absolute atomic E-state index is 0.129. The molecule has 1 amide bonds. The Morgan fingerprint density at radius 3 is 2.50 bits per heavy atom. The highest BCUT2D eigenvalue weighted by atomic mass is 16.2. The first-order valence-electron chi connectivity index (χ1n) is 8.87. The van der Waals surface area contributed by atoms with Gasteiger partial charge in [0.1, 0.15) is 5.54 Å². The molecule has 5 heteroatoms. The highest BCUT2D eigenvalue weighted by molar-refractivity contribution is 5.84. The molecule has 0 heterocycles. The van der Waals surface area contributed by atoms with E-state index in [4.69, 9.17) is 0 Å². The van der Waals surface area contributed by atoms with Gasteiger partial charge < -0.3 is 15.5 Å². The molecule has 0 radical (unpaired) electrons. The van der Waals surface area contributed by atoms with Crippen LogP contribution < -0.4 is 15.5 Å². The second-order valence-corrected chi connectivity index (χ2v) is 6.90. The van der Waals surface area contributed by atoms with E-state index in [-0.39, 0.29) is 18.4 Å². The summed E-state index contributed by atoms with van der Waals surface area (Å²) in [6, 6.07) is 20.2. The molecule has 0 bridgehead atoms. The highest BCUT2D eigenvalue weighted by Crippen LogP contribution is 2.39. The molecule has 0 aliphatic heterocycles. The van der Waals surface area contributed by atoms with Gasteiger partial charge in [-0.05, 0) is 49.9 Å².